The van der Waals surface area contributed by atoms with Crippen LogP contribution in [0.5, 0.6) is 5.75 Å². The van der Waals surface area contributed by atoms with Crippen LogP contribution in [0.1, 0.15) is 37.5 Å². The summed E-state index contributed by atoms with van der Waals surface area (Å²) in [6, 6.07) is 13.7. The molecule has 0 radical (unpaired) electrons. The number of carbonyl (C=O) groups excluding carboxylic acids is 1. The molecule has 0 spiro atoms. The van der Waals surface area contributed by atoms with E-state index in [1.165, 1.54) is 5.56 Å². The van der Waals surface area contributed by atoms with Crippen LogP contribution in [0.2, 0.25) is 0 Å². The van der Waals surface area contributed by atoms with Crippen LogP contribution in [0, 0.1) is 6.92 Å². The number of halogens is 1. The summed E-state index contributed by atoms with van der Waals surface area (Å²) in [5.41, 5.74) is 5.78. The van der Waals surface area contributed by atoms with Gasteiger partial charge in [0.05, 0.1) is 10.7 Å². The van der Waals surface area contributed by atoms with Gasteiger partial charge in [-0.05, 0) is 57.1 Å². The zero-order valence-electron chi connectivity index (χ0n) is 15.0. The fourth-order valence-electron chi connectivity index (χ4n) is 2.17. The molecule has 0 atom stereocenters. The van der Waals surface area contributed by atoms with E-state index in [0.717, 1.165) is 15.6 Å². The van der Waals surface area contributed by atoms with Gasteiger partial charge in [-0.15, -0.1) is 0 Å². The standard InChI is InChI=1S/C20H23BrN2O2/c1-14-7-5-6-8-15(14)12-22-23-19(24)13-25-18-10-9-16(11-17(18)21)20(2,3)4/h5-12H,13H2,1-4H3,(H,23,24)/b22-12-. The first-order chi connectivity index (χ1) is 11.8. The van der Waals surface area contributed by atoms with Crippen molar-refractivity contribution in [3.63, 3.8) is 0 Å². The first-order valence-electron chi connectivity index (χ1n) is 8.08. The summed E-state index contributed by atoms with van der Waals surface area (Å²) in [5.74, 6) is 0.322. The number of carbonyl (C=O) groups is 1. The Morgan fingerprint density at radius 3 is 2.60 bits per heavy atom. The third kappa shape index (κ3) is 5.71. The second-order valence-corrected chi connectivity index (χ2v) is 7.69. The Morgan fingerprint density at radius 1 is 1.24 bits per heavy atom. The Bertz CT molecular complexity index is 780. The summed E-state index contributed by atoms with van der Waals surface area (Å²) in [4.78, 5) is 11.9. The molecule has 0 aromatic heterocycles. The molecule has 25 heavy (non-hydrogen) atoms. The van der Waals surface area contributed by atoms with Gasteiger partial charge in [-0.3, -0.25) is 4.79 Å². The van der Waals surface area contributed by atoms with Gasteiger partial charge in [-0.25, -0.2) is 5.43 Å². The van der Waals surface area contributed by atoms with Gasteiger partial charge >= 0.3 is 0 Å². The normalized spacial score (nSPS) is 11.6. The second-order valence-electron chi connectivity index (χ2n) is 6.83. The minimum atomic E-state index is -0.309. The number of rotatable bonds is 5. The highest BCUT2D eigenvalue weighted by atomic mass is 79.9. The lowest BCUT2D eigenvalue weighted by Crippen LogP contribution is -2.24. The molecule has 0 unspecified atom stereocenters. The van der Waals surface area contributed by atoms with Gasteiger partial charge in [-0.1, -0.05) is 51.1 Å². The minimum absolute atomic E-state index is 0.0582. The van der Waals surface area contributed by atoms with Gasteiger partial charge < -0.3 is 4.74 Å². The molecule has 4 nitrogen and oxygen atoms in total. The molecule has 0 saturated heterocycles. The largest absolute Gasteiger partial charge is 0.483 e. The van der Waals surface area contributed by atoms with Gasteiger partial charge in [0.2, 0.25) is 0 Å². The highest BCUT2D eigenvalue weighted by Crippen LogP contribution is 2.31. The molecule has 0 fully saturated rings. The zero-order valence-corrected chi connectivity index (χ0v) is 16.6. The first-order valence-corrected chi connectivity index (χ1v) is 8.87. The van der Waals surface area contributed by atoms with E-state index in [9.17, 15) is 4.79 Å². The van der Waals surface area contributed by atoms with Crippen LogP contribution in [0.25, 0.3) is 0 Å². The van der Waals surface area contributed by atoms with Crippen LogP contribution in [-0.2, 0) is 10.2 Å². The molecule has 2 aromatic carbocycles. The minimum Gasteiger partial charge on any atom is -0.483 e. The molecular weight excluding hydrogens is 380 g/mol. The first kappa shape index (κ1) is 19.2. The number of amides is 1. The monoisotopic (exact) mass is 402 g/mol. The fraction of sp³-hybridized carbons (Fsp3) is 0.300. The van der Waals surface area contributed by atoms with Crippen molar-refractivity contribution in [3.8, 4) is 5.75 Å². The summed E-state index contributed by atoms with van der Waals surface area (Å²) >= 11 is 3.49. The number of aryl methyl sites for hydroxylation is 1. The molecule has 5 heteroatoms. The van der Waals surface area contributed by atoms with Gasteiger partial charge in [0.1, 0.15) is 5.75 Å². The molecular formula is C20H23BrN2O2. The maximum Gasteiger partial charge on any atom is 0.277 e. The predicted octanol–water partition coefficient (Wildman–Crippen LogP) is 4.58. The lowest BCUT2D eigenvalue weighted by atomic mass is 9.87. The number of hydrogen-bond donors (Lipinski definition) is 1. The van der Waals surface area contributed by atoms with Crippen LogP contribution >= 0.6 is 15.9 Å². The quantitative estimate of drug-likeness (QED) is 0.587. The Kier molecular flexibility index (Phi) is 6.37. The Hall–Kier alpha value is -2.14. The zero-order chi connectivity index (χ0) is 18.4. The fourth-order valence-corrected chi connectivity index (χ4v) is 2.66. The Balaban J connectivity index is 1.89. The highest BCUT2D eigenvalue weighted by Gasteiger charge is 2.15. The van der Waals surface area contributed by atoms with E-state index in [1.54, 1.807) is 6.21 Å². The third-order valence-corrected chi connectivity index (χ3v) is 4.36. The second kappa shape index (κ2) is 8.30. The summed E-state index contributed by atoms with van der Waals surface area (Å²) < 4.78 is 6.39. The topological polar surface area (TPSA) is 50.7 Å². The lowest BCUT2D eigenvalue weighted by molar-refractivity contribution is -0.123. The van der Waals surface area contributed by atoms with Crippen LogP contribution in [0.15, 0.2) is 52.0 Å². The molecule has 0 bridgehead atoms. The van der Waals surface area contributed by atoms with Crippen LogP contribution in [0.4, 0.5) is 0 Å². The van der Waals surface area contributed by atoms with Crippen molar-refractivity contribution in [1.82, 2.24) is 5.43 Å². The number of nitrogens with zero attached hydrogens (tertiary/aromatic N) is 1. The molecule has 1 N–H and O–H groups in total. The lowest BCUT2D eigenvalue weighted by Gasteiger charge is -2.20. The maximum atomic E-state index is 11.9. The molecule has 1 amide bonds. The summed E-state index contributed by atoms with van der Waals surface area (Å²) in [6.45, 7) is 8.34. The summed E-state index contributed by atoms with van der Waals surface area (Å²) in [6.07, 6.45) is 1.63. The van der Waals surface area contributed by atoms with Gasteiger partial charge in [-0.2, -0.15) is 5.10 Å². The van der Waals surface area contributed by atoms with E-state index in [1.807, 2.05) is 49.4 Å². The van der Waals surface area contributed by atoms with Crippen molar-refractivity contribution in [2.75, 3.05) is 6.61 Å². The average Bonchev–Trinajstić information content (AvgIpc) is 2.54. The predicted molar refractivity (Wildman–Crippen MR) is 105 cm³/mol. The molecule has 0 aliphatic rings. The number of hydrazone groups is 1. The molecule has 0 saturated carbocycles. The smallest absolute Gasteiger partial charge is 0.277 e. The van der Waals surface area contributed by atoms with Crippen LogP contribution in [0.3, 0.4) is 0 Å². The van der Waals surface area contributed by atoms with E-state index in [0.29, 0.717) is 5.75 Å². The molecule has 0 aliphatic heterocycles. The Morgan fingerprint density at radius 2 is 1.96 bits per heavy atom. The molecule has 132 valence electrons. The van der Waals surface area contributed by atoms with E-state index >= 15 is 0 Å². The summed E-state index contributed by atoms with van der Waals surface area (Å²) in [5, 5.41) is 3.97. The van der Waals surface area contributed by atoms with Crippen molar-refractivity contribution in [1.29, 1.82) is 0 Å². The number of hydrogen-bond acceptors (Lipinski definition) is 3. The van der Waals surface area contributed by atoms with Gasteiger partial charge in [0.25, 0.3) is 5.91 Å². The van der Waals surface area contributed by atoms with E-state index in [4.69, 9.17) is 4.74 Å². The number of nitrogens with one attached hydrogen (secondary N) is 1. The van der Waals surface area contributed by atoms with Crippen molar-refractivity contribution in [3.05, 3.63) is 63.6 Å². The average molecular weight is 403 g/mol. The SMILES string of the molecule is Cc1ccccc1/C=N\NC(=O)COc1ccc(C(C)(C)C)cc1Br. The van der Waals surface area contributed by atoms with Gasteiger partial charge in [0.15, 0.2) is 6.61 Å². The van der Waals surface area contributed by atoms with Crippen molar-refractivity contribution >= 4 is 28.1 Å². The van der Waals surface area contributed by atoms with Gasteiger partial charge in [0, 0.05) is 0 Å². The van der Waals surface area contributed by atoms with Crippen molar-refractivity contribution in [2.45, 2.75) is 33.1 Å². The molecule has 2 rings (SSSR count). The summed E-state index contributed by atoms with van der Waals surface area (Å²) in [7, 11) is 0. The van der Waals surface area contributed by atoms with E-state index < -0.39 is 0 Å². The van der Waals surface area contributed by atoms with Crippen molar-refractivity contribution < 1.29 is 9.53 Å². The third-order valence-electron chi connectivity index (χ3n) is 3.74. The van der Waals surface area contributed by atoms with Crippen LogP contribution in [-0.4, -0.2) is 18.7 Å². The molecule has 2 aromatic rings. The number of ether oxygens (including phenoxy) is 1. The van der Waals surface area contributed by atoms with E-state index in [-0.39, 0.29) is 17.9 Å². The maximum absolute atomic E-state index is 11.9. The van der Waals surface area contributed by atoms with Crippen LogP contribution < -0.4 is 10.2 Å². The molecule has 0 heterocycles. The van der Waals surface area contributed by atoms with Crippen molar-refractivity contribution in [2.24, 2.45) is 5.10 Å². The molecule has 0 aliphatic carbocycles. The Labute approximate surface area is 157 Å². The highest BCUT2D eigenvalue weighted by molar-refractivity contribution is 9.10. The van der Waals surface area contributed by atoms with E-state index in [2.05, 4.69) is 47.2 Å². The number of benzene rings is 2.